The summed E-state index contributed by atoms with van der Waals surface area (Å²) >= 11 is -1.52. The molecule has 1 unspecified atom stereocenters. The van der Waals surface area contributed by atoms with Crippen LogP contribution in [-0.4, -0.2) is 28.4 Å². The predicted octanol–water partition coefficient (Wildman–Crippen LogP) is 2.35. The third-order valence-electron chi connectivity index (χ3n) is 2.97. The highest BCUT2D eigenvalue weighted by molar-refractivity contribution is 7.85. The Hall–Kier alpha value is -1.60. The molecule has 7 heteroatoms. The van der Waals surface area contributed by atoms with Crippen LogP contribution < -0.4 is 15.2 Å². The van der Waals surface area contributed by atoms with Crippen molar-refractivity contribution in [3.8, 4) is 5.75 Å². The van der Waals surface area contributed by atoms with Crippen LogP contribution in [0.3, 0.4) is 0 Å². The summed E-state index contributed by atoms with van der Waals surface area (Å²) in [5.41, 5.74) is 7.16. The van der Waals surface area contributed by atoms with Gasteiger partial charge in [0.25, 0.3) is 0 Å². The zero-order chi connectivity index (χ0) is 16.4. The first-order valence-electron chi connectivity index (χ1n) is 7.62. The van der Waals surface area contributed by atoms with E-state index >= 15 is 0 Å². The minimum absolute atomic E-state index is 0.230. The molecule has 0 aromatic heterocycles. The third-order valence-corrected chi connectivity index (χ3v) is 3.73. The molecule has 0 saturated carbocycles. The molecular weight excluding hydrogens is 302 g/mol. The number of aliphatic hydroxyl groups excluding tert-OH is 1. The number of rotatable bonds is 7. The van der Waals surface area contributed by atoms with Crippen molar-refractivity contribution in [1.82, 2.24) is 0 Å². The quantitative estimate of drug-likeness (QED) is 0.670. The Kier molecular flexibility index (Phi) is 8.54. The molecule has 4 N–H and O–H groups in total. The molecule has 1 aromatic carbocycles. The van der Waals surface area contributed by atoms with Gasteiger partial charge in [-0.2, -0.15) is 4.40 Å². The van der Waals surface area contributed by atoms with Gasteiger partial charge in [0.15, 0.2) is 0 Å². The van der Waals surface area contributed by atoms with E-state index in [0.717, 1.165) is 25.7 Å². The van der Waals surface area contributed by atoms with E-state index in [9.17, 15) is 4.21 Å². The van der Waals surface area contributed by atoms with Crippen LogP contribution in [0.15, 0.2) is 22.6 Å². The second-order valence-corrected chi connectivity index (χ2v) is 5.38. The van der Waals surface area contributed by atoms with E-state index in [0.29, 0.717) is 23.6 Å². The van der Waals surface area contributed by atoms with Crippen LogP contribution in [0.25, 0.3) is 0 Å². The smallest absolute Gasteiger partial charge is 0.245 e. The SMILES string of the molecule is CC.NC1=NS(=O)Nc2cccc(OCCCCCCO)c21. The Morgan fingerprint density at radius 2 is 2.00 bits per heavy atom. The molecule has 2 rings (SSSR count). The van der Waals surface area contributed by atoms with Gasteiger partial charge in [-0.1, -0.05) is 26.3 Å². The topological polar surface area (TPSA) is 96.9 Å². The van der Waals surface area contributed by atoms with Crippen molar-refractivity contribution in [1.29, 1.82) is 0 Å². The molecule has 1 aliphatic rings. The average Bonchev–Trinajstić information content (AvgIpc) is 2.52. The van der Waals surface area contributed by atoms with Crippen molar-refractivity contribution in [2.24, 2.45) is 10.1 Å². The maximum Gasteiger partial charge on any atom is 0.245 e. The molecule has 0 saturated heterocycles. The molecule has 1 aromatic rings. The highest BCUT2D eigenvalue weighted by atomic mass is 32.2. The summed E-state index contributed by atoms with van der Waals surface area (Å²) < 4.78 is 23.7. The number of nitrogens with zero attached hydrogens (tertiary/aromatic N) is 1. The Balaban J connectivity index is 0.00000116. The molecule has 0 radical (unpaired) electrons. The fraction of sp³-hybridized carbons (Fsp3) is 0.533. The van der Waals surface area contributed by atoms with Gasteiger partial charge in [-0.15, -0.1) is 0 Å². The summed E-state index contributed by atoms with van der Waals surface area (Å²) in [4.78, 5) is 0. The van der Waals surface area contributed by atoms with E-state index in [1.54, 1.807) is 6.07 Å². The molecule has 0 amide bonds. The van der Waals surface area contributed by atoms with Crippen LogP contribution in [-0.2, 0) is 11.2 Å². The number of anilines is 1. The molecule has 1 heterocycles. The van der Waals surface area contributed by atoms with E-state index < -0.39 is 11.2 Å². The molecule has 0 fully saturated rings. The molecule has 1 aliphatic heterocycles. The van der Waals surface area contributed by atoms with Gasteiger partial charge >= 0.3 is 0 Å². The molecule has 1 atom stereocenters. The fourth-order valence-corrected chi connectivity index (χ4v) is 2.68. The lowest BCUT2D eigenvalue weighted by Crippen LogP contribution is -2.24. The minimum atomic E-state index is -1.52. The van der Waals surface area contributed by atoms with Crippen LogP contribution in [0, 0.1) is 0 Å². The summed E-state index contributed by atoms with van der Waals surface area (Å²) in [6, 6.07) is 5.44. The molecule has 0 spiro atoms. The second-order valence-electron chi connectivity index (χ2n) is 4.49. The first kappa shape index (κ1) is 18.4. The van der Waals surface area contributed by atoms with Gasteiger partial charge in [0.2, 0.25) is 11.2 Å². The number of hydrogen-bond acceptors (Lipinski definition) is 4. The number of amidine groups is 1. The van der Waals surface area contributed by atoms with Crippen LogP contribution in [0.5, 0.6) is 5.75 Å². The minimum Gasteiger partial charge on any atom is -0.493 e. The maximum absolute atomic E-state index is 11.4. The van der Waals surface area contributed by atoms with Crippen molar-refractivity contribution < 1.29 is 14.1 Å². The number of unbranched alkanes of at least 4 members (excludes halogenated alkanes) is 3. The average molecular weight is 327 g/mol. The lowest BCUT2D eigenvalue weighted by Gasteiger charge is -2.18. The Morgan fingerprint density at radius 1 is 1.27 bits per heavy atom. The number of hydrogen-bond donors (Lipinski definition) is 3. The summed E-state index contributed by atoms with van der Waals surface area (Å²) in [6.45, 7) is 4.82. The van der Waals surface area contributed by atoms with Crippen molar-refractivity contribution in [3.63, 3.8) is 0 Å². The third kappa shape index (κ3) is 5.31. The lowest BCUT2D eigenvalue weighted by atomic mass is 10.1. The normalized spacial score (nSPS) is 15.8. The van der Waals surface area contributed by atoms with E-state index in [1.807, 2.05) is 26.0 Å². The fourth-order valence-electron chi connectivity index (χ4n) is 2.00. The highest BCUT2D eigenvalue weighted by Crippen LogP contribution is 2.29. The summed E-state index contributed by atoms with van der Waals surface area (Å²) in [5, 5.41) is 8.69. The highest BCUT2D eigenvalue weighted by Gasteiger charge is 2.19. The van der Waals surface area contributed by atoms with Gasteiger partial charge in [-0.05, 0) is 31.4 Å². The zero-order valence-electron chi connectivity index (χ0n) is 13.2. The second kappa shape index (κ2) is 10.2. The molecule has 0 bridgehead atoms. The summed E-state index contributed by atoms with van der Waals surface area (Å²) in [7, 11) is 0. The van der Waals surface area contributed by atoms with E-state index in [1.165, 1.54) is 0 Å². The number of fused-ring (bicyclic) bond motifs is 1. The number of nitrogens with one attached hydrogen (secondary N) is 1. The summed E-state index contributed by atoms with van der Waals surface area (Å²) in [6.07, 6.45) is 3.76. The molecule has 0 aliphatic carbocycles. The lowest BCUT2D eigenvalue weighted by molar-refractivity contribution is 0.273. The number of aliphatic hydroxyl groups is 1. The molecule has 22 heavy (non-hydrogen) atoms. The van der Waals surface area contributed by atoms with Gasteiger partial charge in [0.05, 0.1) is 17.9 Å². The first-order valence-corrected chi connectivity index (χ1v) is 8.73. The van der Waals surface area contributed by atoms with E-state index in [-0.39, 0.29) is 12.4 Å². The summed E-state index contributed by atoms with van der Waals surface area (Å²) in [5.74, 6) is 0.878. The van der Waals surface area contributed by atoms with Gasteiger partial charge in [-0.3, -0.25) is 4.72 Å². The van der Waals surface area contributed by atoms with Gasteiger partial charge in [0, 0.05) is 6.61 Å². The van der Waals surface area contributed by atoms with Crippen LogP contribution in [0.1, 0.15) is 45.1 Å². The van der Waals surface area contributed by atoms with Gasteiger partial charge in [0.1, 0.15) is 11.6 Å². The predicted molar refractivity (Wildman–Crippen MR) is 91.3 cm³/mol. The Labute approximate surface area is 134 Å². The van der Waals surface area contributed by atoms with Crippen molar-refractivity contribution in [2.45, 2.75) is 39.5 Å². The van der Waals surface area contributed by atoms with Crippen molar-refractivity contribution in [3.05, 3.63) is 23.8 Å². The molecular formula is C15H25N3O3S. The van der Waals surface area contributed by atoms with Crippen molar-refractivity contribution >= 4 is 22.7 Å². The van der Waals surface area contributed by atoms with Crippen LogP contribution >= 0.6 is 0 Å². The van der Waals surface area contributed by atoms with Crippen LogP contribution in [0.4, 0.5) is 5.69 Å². The van der Waals surface area contributed by atoms with E-state index in [4.69, 9.17) is 15.6 Å². The zero-order valence-corrected chi connectivity index (χ0v) is 14.0. The number of ether oxygens (including phenoxy) is 1. The van der Waals surface area contributed by atoms with E-state index in [2.05, 4.69) is 9.12 Å². The monoisotopic (exact) mass is 327 g/mol. The van der Waals surface area contributed by atoms with Gasteiger partial charge < -0.3 is 15.6 Å². The van der Waals surface area contributed by atoms with Gasteiger partial charge in [-0.25, -0.2) is 4.21 Å². The number of benzene rings is 1. The molecule has 124 valence electrons. The molecule has 6 nitrogen and oxygen atoms in total. The standard InChI is InChI=1S/C13H19N3O3S.C2H6/c14-13-12-10(15-20(18)16-13)6-5-7-11(12)19-9-4-2-1-3-8-17;1-2/h5-7,15,17H,1-4,8-9H2,(H2,14,16);1-2H3. The number of nitrogens with two attached hydrogens (primary N) is 1. The van der Waals surface area contributed by atoms with Crippen molar-refractivity contribution in [2.75, 3.05) is 17.9 Å². The van der Waals surface area contributed by atoms with Crippen LogP contribution in [0.2, 0.25) is 0 Å². The Morgan fingerprint density at radius 3 is 2.73 bits per heavy atom. The largest absolute Gasteiger partial charge is 0.493 e. The Bertz CT molecular complexity index is 521. The first-order chi connectivity index (χ1) is 10.7. The maximum atomic E-state index is 11.4.